The van der Waals surface area contributed by atoms with Crippen LogP contribution < -0.4 is 15.5 Å². The Kier molecular flexibility index (Phi) is 9.75. The predicted octanol–water partition coefficient (Wildman–Crippen LogP) is 6.58. The van der Waals surface area contributed by atoms with Gasteiger partial charge in [0.25, 0.3) is 0 Å². The number of anilines is 2. The van der Waals surface area contributed by atoms with Crippen molar-refractivity contribution < 1.29 is 36.2 Å². The lowest BCUT2D eigenvalue weighted by Crippen LogP contribution is -2.44. The Hall–Kier alpha value is -4.72. The van der Waals surface area contributed by atoms with Gasteiger partial charge in [0.15, 0.2) is 12.1 Å². The maximum absolute atomic E-state index is 14.5. The SMILES string of the molecule is COC1CC(NCc2cc3c(c(C(F)(F)F)c2)CN(c2cc(-c4cc(C(F)(F)F)ccc4-c4nncn4C)cc(NCCCC#N)n2)C3O)C1. The van der Waals surface area contributed by atoms with Crippen molar-refractivity contribution in [1.29, 1.82) is 5.26 Å². The zero-order chi connectivity index (χ0) is 35.8. The number of fused-ring (bicyclic) bond motifs is 1. The molecule has 1 atom stereocenters. The molecule has 2 aromatic heterocycles. The fraction of sp³-hybridized carbons (Fsp3) is 0.412. The number of benzene rings is 2. The minimum absolute atomic E-state index is 0.0307. The predicted molar refractivity (Wildman–Crippen MR) is 171 cm³/mol. The monoisotopic (exact) mass is 700 g/mol. The molecule has 1 unspecified atom stereocenters. The van der Waals surface area contributed by atoms with Crippen LogP contribution in [0.25, 0.3) is 22.5 Å². The van der Waals surface area contributed by atoms with Crippen molar-refractivity contribution in [2.45, 2.75) is 69.5 Å². The summed E-state index contributed by atoms with van der Waals surface area (Å²) in [4.78, 5) is 5.86. The van der Waals surface area contributed by atoms with Crippen LogP contribution in [0, 0.1) is 11.3 Å². The number of methoxy groups -OCH3 is 1. The van der Waals surface area contributed by atoms with E-state index in [9.17, 15) is 31.4 Å². The lowest BCUT2D eigenvalue weighted by atomic mass is 9.89. The molecule has 0 bridgehead atoms. The van der Waals surface area contributed by atoms with Crippen LogP contribution >= 0.6 is 0 Å². The number of alkyl halides is 6. The van der Waals surface area contributed by atoms with Gasteiger partial charge in [-0.1, -0.05) is 0 Å². The number of hydrogen-bond acceptors (Lipinski definition) is 9. The number of hydrogen-bond donors (Lipinski definition) is 3. The number of rotatable bonds is 11. The van der Waals surface area contributed by atoms with Crippen LogP contribution in [0.5, 0.6) is 0 Å². The molecule has 6 rings (SSSR count). The van der Waals surface area contributed by atoms with E-state index in [-0.39, 0.29) is 77.9 Å². The molecule has 1 aliphatic heterocycles. The summed E-state index contributed by atoms with van der Waals surface area (Å²) in [5, 5.41) is 34.8. The molecule has 0 saturated heterocycles. The van der Waals surface area contributed by atoms with E-state index in [1.165, 1.54) is 29.4 Å². The van der Waals surface area contributed by atoms with E-state index in [1.807, 2.05) is 6.07 Å². The number of aliphatic hydroxyl groups excluding tert-OH is 1. The van der Waals surface area contributed by atoms with Crippen molar-refractivity contribution >= 4 is 11.6 Å². The van der Waals surface area contributed by atoms with Crippen LogP contribution in [0.3, 0.4) is 0 Å². The van der Waals surface area contributed by atoms with Crippen LogP contribution in [0.15, 0.2) is 48.8 Å². The normalized spacial score (nSPS) is 18.9. The average molecular weight is 701 g/mol. The number of halogens is 6. The van der Waals surface area contributed by atoms with E-state index in [0.29, 0.717) is 17.5 Å². The second-order valence-corrected chi connectivity index (χ2v) is 12.4. The summed E-state index contributed by atoms with van der Waals surface area (Å²) in [5.41, 5.74) is -0.856. The summed E-state index contributed by atoms with van der Waals surface area (Å²) in [5.74, 6) is 0.499. The van der Waals surface area contributed by atoms with Gasteiger partial charge in [0.1, 0.15) is 18.0 Å². The van der Waals surface area contributed by atoms with Crippen LogP contribution in [-0.2, 0) is 37.2 Å². The second-order valence-electron chi connectivity index (χ2n) is 12.4. The Morgan fingerprint density at radius 1 is 1.04 bits per heavy atom. The highest BCUT2D eigenvalue weighted by atomic mass is 19.4. The van der Waals surface area contributed by atoms with E-state index < -0.39 is 29.7 Å². The first-order chi connectivity index (χ1) is 23.8. The molecule has 1 saturated carbocycles. The molecular weight excluding hydrogens is 666 g/mol. The fourth-order valence-corrected chi connectivity index (χ4v) is 6.31. The maximum atomic E-state index is 14.5. The highest BCUT2D eigenvalue weighted by Crippen LogP contribution is 2.45. The zero-order valence-electron chi connectivity index (χ0n) is 27.1. The summed E-state index contributed by atoms with van der Waals surface area (Å²) < 4.78 is 92.1. The third-order valence-electron chi connectivity index (χ3n) is 9.06. The third-order valence-corrected chi connectivity index (χ3v) is 9.06. The molecule has 2 aromatic carbocycles. The fourth-order valence-electron chi connectivity index (χ4n) is 6.31. The van der Waals surface area contributed by atoms with Crippen LogP contribution in [0.4, 0.5) is 38.0 Å². The smallest absolute Gasteiger partial charge is 0.381 e. The molecule has 3 N–H and O–H groups in total. The van der Waals surface area contributed by atoms with Crippen molar-refractivity contribution in [3.05, 3.63) is 76.6 Å². The zero-order valence-corrected chi connectivity index (χ0v) is 27.1. The van der Waals surface area contributed by atoms with Crippen molar-refractivity contribution in [2.75, 3.05) is 23.9 Å². The van der Waals surface area contributed by atoms with Gasteiger partial charge in [0, 0.05) is 57.4 Å². The molecule has 0 radical (unpaired) electrons. The number of aromatic nitrogens is 4. The number of pyridine rings is 1. The quantitative estimate of drug-likeness (QED) is 0.118. The lowest BCUT2D eigenvalue weighted by Gasteiger charge is -2.34. The lowest BCUT2D eigenvalue weighted by molar-refractivity contribution is -0.138. The number of nitrogens with zero attached hydrogens (tertiary/aromatic N) is 6. The van der Waals surface area contributed by atoms with Gasteiger partial charge in [0.2, 0.25) is 0 Å². The summed E-state index contributed by atoms with van der Waals surface area (Å²) in [7, 11) is 3.25. The van der Waals surface area contributed by atoms with Crippen molar-refractivity contribution in [3.8, 4) is 28.6 Å². The van der Waals surface area contributed by atoms with Gasteiger partial charge in [0.05, 0.1) is 23.3 Å². The summed E-state index contributed by atoms with van der Waals surface area (Å²) in [6.45, 7) is 0.0704. The number of nitriles is 1. The van der Waals surface area contributed by atoms with Crippen molar-refractivity contribution in [2.24, 2.45) is 7.05 Å². The van der Waals surface area contributed by atoms with E-state index in [2.05, 4.69) is 25.8 Å². The molecule has 50 heavy (non-hydrogen) atoms. The Labute approximate surface area is 283 Å². The van der Waals surface area contributed by atoms with Gasteiger partial charge >= 0.3 is 12.4 Å². The third kappa shape index (κ3) is 7.25. The van der Waals surface area contributed by atoms with Crippen LogP contribution in [0.1, 0.15) is 59.7 Å². The minimum Gasteiger partial charge on any atom is -0.381 e. The minimum atomic E-state index is -4.72. The van der Waals surface area contributed by atoms with Gasteiger partial charge < -0.3 is 29.9 Å². The highest BCUT2D eigenvalue weighted by molar-refractivity contribution is 5.84. The van der Waals surface area contributed by atoms with Crippen LogP contribution in [0.2, 0.25) is 0 Å². The van der Waals surface area contributed by atoms with Gasteiger partial charge in [-0.15, -0.1) is 10.2 Å². The molecule has 0 amide bonds. The topological polar surface area (TPSA) is 124 Å². The van der Waals surface area contributed by atoms with Gasteiger partial charge in [-0.25, -0.2) is 4.98 Å². The first-order valence-corrected chi connectivity index (χ1v) is 15.9. The Bertz CT molecular complexity index is 1900. The van der Waals surface area contributed by atoms with Crippen molar-refractivity contribution in [1.82, 2.24) is 25.1 Å². The molecule has 10 nitrogen and oxygen atoms in total. The summed E-state index contributed by atoms with van der Waals surface area (Å²) in [6, 6.07) is 10.9. The maximum Gasteiger partial charge on any atom is 0.416 e. The summed E-state index contributed by atoms with van der Waals surface area (Å²) in [6.07, 6.45) is -7.29. The standard InChI is InChI=1S/C34H34F6N8O2/c1-47-18-44-46-31(47)24-6-5-21(33(35,36)37)13-25(24)20-11-29(42-8-4-3-7-41)45-30(12-20)48-17-27-26(32(48)49)9-19(10-28(27)34(38,39)40)16-43-22-14-23(15-22)50-2/h5-6,9-13,18,22-23,32,43,49H,3-4,8,14-17H2,1-2H3,(H,42,45). The molecular formula is C34H34F6N8O2. The largest absolute Gasteiger partial charge is 0.416 e. The van der Waals surface area contributed by atoms with E-state index in [4.69, 9.17) is 10.00 Å². The Morgan fingerprint density at radius 2 is 1.82 bits per heavy atom. The molecule has 264 valence electrons. The molecule has 1 aliphatic carbocycles. The molecule has 2 aliphatic rings. The number of nitrogens with one attached hydrogen (secondary N) is 2. The highest BCUT2D eigenvalue weighted by Gasteiger charge is 2.41. The number of aliphatic hydroxyl groups is 1. The molecule has 16 heteroatoms. The second kappa shape index (κ2) is 13.9. The molecule has 3 heterocycles. The van der Waals surface area contributed by atoms with Crippen molar-refractivity contribution in [3.63, 3.8) is 0 Å². The number of ether oxygens (including phenoxy) is 1. The molecule has 1 fully saturated rings. The van der Waals surface area contributed by atoms with E-state index in [0.717, 1.165) is 31.0 Å². The first-order valence-electron chi connectivity index (χ1n) is 15.9. The Morgan fingerprint density at radius 3 is 2.48 bits per heavy atom. The van der Waals surface area contributed by atoms with E-state index in [1.54, 1.807) is 24.8 Å². The number of aryl methyl sites for hydroxylation is 1. The molecule has 0 spiro atoms. The molecule has 4 aromatic rings. The first kappa shape index (κ1) is 35.1. The Balaban J connectivity index is 1.42. The summed E-state index contributed by atoms with van der Waals surface area (Å²) >= 11 is 0. The average Bonchev–Trinajstić information content (AvgIpc) is 3.63. The van der Waals surface area contributed by atoms with Gasteiger partial charge in [-0.3, -0.25) is 0 Å². The van der Waals surface area contributed by atoms with Crippen LogP contribution in [-0.4, -0.2) is 50.7 Å². The van der Waals surface area contributed by atoms with E-state index >= 15 is 0 Å². The number of unbranched alkanes of at least 4 members (excludes halogenated alkanes) is 1. The van der Waals surface area contributed by atoms with Gasteiger partial charge in [-0.2, -0.15) is 31.6 Å². The van der Waals surface area contributed by atoms with Gasteiger partial charge in [-0.05, 0) is 84.0 Å².